The molecule has 0 fully saturated rings. The molecule has 6 heteroatoms. The van der Waals surface area contributed by atoms with E-state index in [-0.39, 0.29) is 12.2 Å². The van der Waals surface area contributed by atoms with Gasteiger partial charge in [-0.3, -0.25) is 4.98 Å². The van der Waals surface area contributed by atoms with Crippen molar-refractivity contribution in [2.75, 3.05) is 6.61 Å². The Hall–Kier alpha value is -3.15. The van der Waals surface area contributed by atoms with Crippen molar-refractivity contribution in [3.63, 3.8) is 0 Å². The van der Waals surface area contributed by atoms with Crippen molar-refractivity contribution in [1.82, 2.24) is 4.98 Å². The summed E-state index contributed by atoms with van der Waals surface area (Å²) in [6.07, 6.45) is -3.02. The minimum atomic E-state index is -4.42. The highest BCUT2D eigenvalue weighted by Crippen LogP contribution is 2.33. The SMILES string of the molecule is CCOC(=O)c1cnc(-c2ccccc2)cc1-c1ccc(C(F)(F)F)cc1. The highest BCUT2D eigenvalue weighted by atomic mass is 19.4. The maximum Gasteiger partial charge on any atom is 0.416 e. The smallest absolute Gasteiger partial charge is 0.416 e. The minimum Gasteiger partial charge on any atom is -0.462 e. The van der Waals surface area contributed by atoms with E-state index in [2.05, 4.69) is 4.98 Å². The predicted octanol–water partition coefficient (Wildman–Crippen LogP) is 5.61. The summed E-state index contributed by atoms with van der Waals surface area (Å²) < 4.78 is 43.5. The topological polar surface area (TPSA) is 39.2 Å². The van der Waals surface area contributed by atoms with Gasteiger partial charge in [0.25, 0.3) is 0 Å². The maximum absolute atomic E-state index is 12.8. The molecule has 1 heterocycles. The van der Waals surface area contributed by atoms with Gasteiger partial charge in [0.1, 0.15) is 0 Å². The predicted molar refractivity (Wildman–Crippen MR) is 96.1 cm³/mol. The molecule has 1 aromatic heterocycles. The Bertz CT molecular complexity index is 936. The van der Waals surface area contributed by atoms with E-state index in [1.165, 1.54) is 18.3 Å². The molecule has 0 atom stereocenters. The molecule has 27 heavy (non-hydrogen) atoms. The molecule has 2 aromatic carbocycles. The molecule has 0 N–H and O–H groups in total. The average molecular weight is 371 g/mol. The van der Waals surface area contributed by atoms with E-state index in [1.807, 2.05) is 30.3 Å². The van der Waals surface area contributed by atoms with Crippen LogP contribution in [0.5, 0.6) is 0 Å². The molecule has 0 aliphatic heterocycles. The first-order valence-corrected chi connectivity index (χ1v) is 8.30. The number of halogens is 3. The third-order valence-corrected chi connectivity index (χ3v) is 3.99. The molecule has 3 nitrogen and oxygen atoms in total. The van der Waals surface area contributed by atoms with Crippen LogP contribution in [0.15, 0.2) is 66.9 Å². The average Bonchev–Trinajstić information content (AvgIpc) is 2.68. The summed E-state index contributed by atoms with van der Waals surface area (Å²) >= 11 is 0. The number of nitrogens with zero attached hydrogens (tertiary/aromatic N) is 1. The van der Waals surface area contributed by atoms with Crippen LogP contribution < -0.4 is 0 Å². The fourth-order valence-electron chi connectivity index (χ4n) is 2.67. The van der Waals surface area contributed by atoms with Crippen molar-refractivity contribution in [3.05, 3.63) is 78.0 Å². The summed E-state index contributed by atoms with van der Waals surface area (Å²) in [6, 6.07) is 15.7. The van der Waals surface area contributed by atoms with Crippen molar-refractivity contribution in [2.24, 2.45) is 0 Å². The van der Waals surface area contributed by atoms with E-state index in [9.17, 15) is 18.0 Å². The van der Waals surface area contributed by atoms with Crippen molar-refractivity contribution < 1.29 is 22.7 Å². The van der Waals surface area contributed by atoms with E-state index in [1.54, 1.807) is 13.0 Å². The number of rotatable bonds is 4. The first kappa shape index (κ1) is 18.6. The van der Waals surface area contributed by atoms with E-state index in [0.717, 1.165) is 17.7 Å². The number of benzene rings is 2. The molecule has 0 aliphatic rings. The molecule has 0 unspecified atom stereocenters. The lowest BCUT2D eigenvalue weighted by atomic mass is 9.98. The van der Waals surface area contributed by atoms with E-state index in [0.29, 0.717) is 16.8 Å². The molecule has 0 aliphatic carbocycles. The van der Waals surface area contributed by atoms with Crippen molar-refractivity contribution in [3.8, 4) is 22.4 Å². The van der Waals surface area contributed by atoms with Gasteiger partial charge in [0.05, 0.1) is 23.4 Å². The summed E-state index contributed by atoms with van der Waals surface area (Å²) in [7, 11) is 0. The lowest BCUT2D eigenvalue weighted by molar-refractivity contribution is -0.137. The Labute approximate surface area is 154 Å². The molecule has 0 bridgehead atoms. The maximum atomic E-state index is 12.8. The second-order valence-corrected chi connectivity index (χ2v) is 5.78. The van der Waals surface area contributed by atoms with Gasteiger partial charge in [0.2, 0.25) is 0 Å². The molecule has 0 saturated heterocycles. The van der Waals surface area contributed by atoms with Crippen LogP contribution in [-0.2, 0) is 10.9 Å². The van der Waals surface area contributed by atoms with Gasteiger partial charge in [0, 0.05) is 11.8 Å². The van der Waals surface area contributed by atoms with Crippen LogP contribution in [0.2, 0.25) is 0 Å². The van der Waals surface area contributed by atoms with Gasteiger partial charge in [0.15, 0.2) is 0 Å². The lowest BCUT2D eigenvalue weighted by Gasteiger charge is -2.12. The normalized spacial score (nSPS) is 11.3. The highest BCUT2D eigenvalue weighted by molar-refractivity contribution is 5.97. The first-order valence-electron chi connectivity index (χ1n) is 8.30. The van der Waals surface area contributed by atoms with Crippen molar-refractivity contribution >= 4 is 5.97 Å². The molecule has 3 aromatic rings. The van der Waals surface area contributed by atoms with Crippen molar-refractivity contribution in [2.45, 2.75) is 13.1 Å². The molecular formula is C21H16F3NO2. The summed E-state index contributed by atoms with van der Waals surface area (Å²) in [6.45, 7) is 1.87. The van der Waals surface area contributed by atoms with Crippen LogP contribution >= 0.6 is 0 Å². The Kier molecular flexibility index (Phi) is 5.26. The third kappa shape index (κ3) is 4.16. The van der Waals surface area contributed by atoms with E-state index >= 15 is 0 Å². The number of pyridine rings is 1. The largest absolute Gasteiger partial charge is 0.462 e. The van der Waals surface area contributed by atoms with Crippen LogP contribution in [0, 0.1) is 0 Å². The number of ether oxygens (including phenoxy) is 1. The number of carbonyl (C=O) groups excluding carboxylic acids is 1. The summed E-state index contributed by atoms with van der Waals surface area (Å²) in [4.78, 5) is 16.6. The summed E-state index contributed by atoms with van der Waals surface area (Å²) in [5.74, 6) is -0.570. The third-order valence-electron chi connectivity index (χ3n) is 3.99. The summed E-state index contributed by atoms with van der Waals surface area (Å²) in [5.41, 5.74) is 1.85. The number of hydrogen-bond donors (Lipinski definition) is 0. The second-order valence-electron chi connectivity index (χ2n) is 5.78. The van der Waals surface area contributed by atoms with Gasteiger partial charge in [-0.15, -0.1) is 0 Å². The highest BCUT2D eigenvalue weighted by Gasteiger charge is 2.30. The number of esters is 1. The molecule has 138 valence electrons. The van der Waals surface area contributed by atoms with Crippen LogP contribution in [0.25, 0.3) is 22.4 Å². The zero-order valence-corrected chi connectivity index (χ0v) is 14.5. The van der Waals surface area contributed by atoms with Gasteiger partial charge in [-0.05, 0) is 36.2 Å². The zero-order valence-electron chi connectivity index (χ0n) is 14.5. The van der Waals surface area contributed by atoms with Gasteiger partial charge in [-0.25, -0.2) is 4.79 Å². The quantitative estimate of drug-likeness (QED) is 0.560. The first-order chi connectivity index (χ1) is 12.9. The molecule has 0 amide bonds. The Morgan fingerprint density at radius 3 is 2.26 bits per heavy atom. The van der Waals surface area contributed by atoms with Gasteiger partial charge >= 0.3 is 12.1 Å². The summed E-state index contributed by atoms with van der Waals surface area (Å²) in [5, 5.41) is 0. The minimum absolute atomic E-state index is 0.186. The van der Waals surface area contributed by atoms with Gasteiger partial charge in [-0.1, -0.05) is 42.5 Å². The Morgan fingerprint density at radius 2 is 1.67 bits per heavy atom. The molecule has 3 rings (SSSR count). The Balaban J connectivity index is 2.11. The number of alkyl halides is 3. The number of hydrogen-bond acceptors (Lipinski definition) is 3. The standard InChI is InChI=1S/C21H16F3NO2/c1-2-27-20(26)18-13-25-19(15-6-4-3-5-7-15)12-17(18)14-8-10-16(11-9-14)21(22,23)24/h3-13H,2H2,1H3. The molecule has 0 radical (unpaired) electrons. The van der Waals surface area contributed by atoms with E-state index < -0.39 is 17.7 Å². The number of carbonyl (C=O) groups is 1. The molecule has 0 saturated carbocycles. The van der Waals surface area contributed by atoms with Gasteiger partial charge < -0.3 is 4.74 Å². The van der Waals surface area contributed by atoms with Gasteiger partial charge in [-0.2, -0.15) is 13.2 Å². The van der Waals surface area contributed by atoms with E-state index in [4.69, 9.17) is 4.74 Å². The fraction of sp³-hybridized carbons (Fsp3) is 0.143. The fourth-order valence-corrected chi connectivity index (χ4v) is 2.67. The van der Waals surface area contributed by atoms with Crippen LogP contribution in [-0.4, -0.2) is 17.6 Å². The molecule has 0 spiro atoms. The van der Waals surface area contributed by atoms with Crippen LogP contribution in [0.1, 0.15) is 22.8 Å². The van der Waals surface area contributed by atoms with Crippen LogP contribution in [0.4, 0.5) is 13.2 Å². The molecular weight excluding hydrogens is 355 g/mol. The van der Waals surface area contributed by atoms with Crippen LogP contribution in [0.3, 0.4) is 0 Å². The number of aromatic nitrogens is 1. The second kappa shape index (κ2) is 7.61. The van der Waals surface area contributed by atoms with Crippen molar-refractivity contribution in [1.29, 1.82) is 0 Å². The Morgan fingerprint density at radius 1 is 1.00 bits per heavy atom. The monoisotopic (exact) mass is 371 g/mol. The zero-order chi connectivity index (χ0) is 19.4. The lowest BCUT2D eigenvalue weighted by Crippen LogP contribution is -2.08.